The summed E-state index contributed by atoms with van der Waals surface area (Å²) in [5.41, 5.74) is 6.98. The first-order chi connectivity index (χ1) is 9.54. The van der Waals surface area contributed by atoms with Crippen LogP contribution in [0.5, 0.6) is 11.5 Å². The molecule has 20 heavy (non-hydrogen) atoms. The van der Waals surface area contributed by atoms with Crippen molar-refractivity contribution >= 4 is 17.3 Å². The largest absolute Gasteiger partial charge is 0.508 e. The number of nitrogens with zero attached hydrogens (tertiary/aromatic N) is 1. The number of aromatic hydroxyl groups is 1. The van der Waals surface area contributed by atoms with E-state index in [9.17, 15) is 9.90 Å². The molecule has 1 amide bonds. The summed E-state index contributed by atoms with van der Waals surface area (Å²) in [5.74, 6) is 0.265. The third kappa shape index (κ3) is 2.51. The number of carbonyl (C=O) groups is 1. The summed E-state index contributed by atoms with van der Waals surface area (Å²) < 4.78 is 5.23. The fourth-order valence-corrected chi connectivity index (χ4v) is 1.93. The van der Waals surface area contributed by atoms with Gasteiger partial charge in [0.1, 0.15) is 11.5 Å². The second kappa shape index (κ2) is 5.52. The minimum Gasteiger partial charge on any atom is -0.508 e. The molecule has 0 aliphatic heterocycles. The van der Waals surface area contributed by atoms with E-state index >= 15 is 0 Å². The number of carbonyl (C=O) groups excluding carboxylic acids is 1. The van der Waals surface area contributed by atoms with E-state index in [1.807, 2.05) is 12.1 Å². The van der Waals surface area contributed by atoms with Gasteiger partial charge in [-0.05, 0) is 30.3 Å². The number of anilines is 2. The smallest absolute Gasteiger partial charge is 0.260 e. The number of ether oxygens (including phenoxy) is 1. The number of phenolic OH excluding ortho intramolecular Hbond substituents is 1. The highest BCUT2D eigenvalue weighted by Crippen LogP contribution is 2.29. The molecule has 0 aliphatic rings. The number of nitrogen functional groups attached to an aromatic ring is 1. The van der Waals surface area contributed by atoms with Crippen LogP contribution < -0.4 is 15.4 Å². The van der Waals surface area contributed by atoms with Crippen LogP contribution >= 0.6 is 0 Å². The molecule has 0 bridgehead atoms. The van der Waals surface area contributed by atoms with Crippen molar-refractivity contribution in [2.45, 2.75) is 0 Å². The first kappa shape index (κ1) is 13.7. The molecule has 5 heteroatoms. The van der Waals surface area contributed by atoms with E-state index in [-0.39, 0.29) is 17.2 Å². The lowest BCUT2D eigenvalue weighted by Gasteiger charge is -2.20. The summed E-state index contributed by atoms with van der Waals surface area (Å²) in [6.07, 6.45) is 0. The van der Waals surface area contributed by atoms with Gasteiger partial charge >= 0.3 is 0 Å². The van der Waals surface area contributed by atoms with Crippen molar-refractivity contribution < 1.29 is 14.6 Å². The van der Waals surface area contributed by atoms with Gasteiger partial charge in [0.25, 0.3) is 5.91 Å². The van der Waals surface area contributed by atoms with Crippen LogP contribution in [0.3, 0.4) is 0 Å². The molecule has 0 spiro atoms. The third-order valence-electron chi connectivity index (χ3n) is 3.02. The number of para-hydroxylation sites is 2. The zero-order chi connectivity index (χ0) is 14.7. The van der Waals surface area contributed by atoms with Crippen molar-refractivity contribution in [3.05, 3.63) is 48.0 Å². The Morgan fingerprint density at radius 1 is 1.25 bits per heavy atom. The number of rotatable bonds is 3. The Hall–Kier alpha value is -2.69. The minimum atomic E-state index is -0.317. The molecule has 0 aromatic heterocycles. The first-order valence-electron chi connectivity index (χ1n) is 6.04. The summed E-state index contributed by atoms with van der Waals surface area (Å²) in [4.78, 5) is 13.9. The first-order valence-corrected chi connectivity index (χ1v) is 6.04. The molecule has 104 valence electrons. The normalized spacial score (nSPS) is 10.1. The maximum absolute atomic E-state index is 12.5. The van der Waals surface area contributed by atoms with Crippen molar-refractivity contribution in [1.82, 2.24) is 0 Å². The molecule has 2 aromatic carbocycles. The summed E-state index contributed by atoms with van der Waals surface area (Å²) >= 11 is 0. The van der Waals surface area contributed by atoms with E-state index in [4.69, 9.17) is 10.5 Å². The Morgan fingerprint density at radius 2 is 1.95 bits per heavy atom. The fourth-order valence-electron chi connectivity index (χ4n) is 1.93. The van der Waals surface area contributed by atoms with Gasteiger partial charge in [0.2, 0.25) is 0 Å². The second-order valence-corrected chi connectivity index (χ2v) is 4.31. The maximum Gasteiger partial charge on any atom is 0.260 e. The van der Waals surface area contributed by atoms with Crippen LogP contribution in [0.1, 0.15) is 10.4 Å². The Bertz CT molecular complexity index is 641. The fraction of sp³-hybridized carbons (Fsp3) is 0.133. The van der Waals surface area contributed by atoms with Crippen LogP contribution in [0.4, 0.5) is 11.4 Å². The van der Waals surface area contributed by atoms with Crippen molar-refractivity contribution in [2.24, 2.45) is 0 Å². The zero-order valence-corrected chi connectivity index (χ0v) is 11.3. The average molecular weight is 272 g/mol. The summed E-state index contributed by atoms with van der Waals surface area (Å²) in [6.45, 7) is 0. The molecule has 5 nitrogen and oxygen atoms in total. The average Bonchev–Trinajstić information content (AvgIpc) is 2.48. The number of amides is 1. The van der Waals surface area contributed by atoms with Crippen LogP contribution in [0.15, 0.2) is 42.5 Å². The molecule has 0 heterocycles. The van der Waals surface area contributed by atoms with Crippen LogP contribution in [0, 0.1) is 0 Å². The van der Waals surface area contributed by atoms with Crippen molar-refractivity contribution in [2.75, 3.05) is 24.8 Å². The molecule has 0 unspecified atom stereocenters. The minimum absolute atomic E-state index is 0.00373. The van der Waals surface area contributed by atoms with Crippen molar-refractivity contribution in [1.29, 1.82) is 0 Å². The Labute approximate surface area is 117 Å². The van der Waals surface area contributed by atoms with Gasteiger partial charge in [-0.1, -0.05) is 12.1 Å². The molecule has 0 aliphatic carbocycles. The quantitative estimate of drug-likeness (QED) is 0.663. The molecule has 2 rings (SSSR count). The number of hydrogen-bond donors (Lipinski definition) is 2. The molecule has 0 atom stereocenters. The standard InChI is InChI=1S/C15H16N2O3/c1-17(13-5-3-4-6-14(13)20-2)15(19)11-9-10(18)7-8-12(11)16/h3-9,18H,16H2,1-2H3. The van der Waals surface area contributed by atoms with Crippen molar-refractivity contribution in [3.8, 4) is 11.5 Å². The van der Waals surface area contributed by atoms with E-state index in [0.29, 0.717) is 17.1 Å². The highest BCUT2D eigenvalue weighted by molar-refractivity contribution is 6.09. The number of phenols is 1. The molecule has 0 radical (unpaired) electrons. The molecule has 3 N–H and O–H groups in total. The van der Waals surface area contributed by atoms with Gasteiger partial charge in [-0.25, -0.2) is 0 Å². The molecule has 0 fully saturated rings. The maximum atomic E-state index is 12.5. The molecular formula is C15H16N2O3. The highest BCUT2D eigenvalue weighted by Gasteiger charge is 2.19. The summed E-state index contributed by atoms with van der Waals surface area (Å²) in [7, 11) is 3.17. The van der Waals surface area contributed by atoms with Crippen molar-refractivity contribution in [3.63, 3.8) is 0 Å². The van der Waals surface area contributed by atoms with Crippen LogP contribution in [0.2, 0.25) is 0 Å². The van der Waals surface area contributed by atoms with Gasteiger partial charge in [-0.15, -0.1) is 0 Å². The van der Waals surface area contributed by atoms with Crippen LogP contribution in [-0.4, -0.2) is 25.2 Å². The van der Waals surface area contributed by atoms with Crippen LogP contribution in [-0.2, 0) is 0 Å². The lowest BCUT2D eigenvalue weighted by molar-refractivity contribution is 0.0993. The predicted molar refractivity (Wildman–Crippen MR) is 78.2 cm³/mol. The third-order valence-corrected chi connectivity index (χ3v) is 3.02. The van der Waals surface area contributed by atoms with E-state index in [1.165, 1.54) is 23.1 Å². The van der Waals surface area contributed by atoms with Gasteiger partial charge in [-0.3, -0.25) is 4.79 Å². The summed E-state index contributed by atoms with van der Waals surface area (Å²) in [5, 5.41) is 9.49. The number of methoxy groups -OCH3 is 1. The van der Waals surface area contributed by atoms with Gasteiger partial charge < -0.3 is 20.5 Å². The lowest BCUT2D eigenvalue weighted by Crippen LogP contribution is -2.27. The number of nitrogens with two attached hydrogens (primary N) is 1. The van der Waals surface area contributed by atoms with Gasteiger partial charge in [0.15, 0.2) is 0 Å². The lowest BCUT2D eigenvalue weighted by atomic mass is 10.1. The summed E-state index contributed by atoms with van der Waals surface area (Å²) in [6, 6.07) is 11.5. The highest BCUT2D eigenvalue weighted by atomic mass is 16.5. The Morgan fingerprint density at radius 3 is 2.65 bits per heavy atom. The molecular weight excluding hydrogens is 256 g/mol. The monoisotopic (exact) mass is 272 g/mol. The van der Waals surface area contributed by atoms with Gasteiger partial charge in [0, 0.05) is 12.7 Å². The van der Waals surface area contributed by atoms with Gasteiger partial charge in [0.05, 0.1) is 18.4 Å². The zero-order valence-electron chi connectivity index (χ0n) is 11.3. The molecule has 0 saturated carbocycles. The topological polar surface area (TPSA) is 75.8 Å². The molecule has 0 saturated heterocycles. The van der Waals surface area contributed by atoms with E-state index in [1.54, 1.807) is 26.3 Å². The Kier molecular flexibility index (Phi) is 3.79. The molecule has 2 aromatic rings. The second-order valence-electron chi connectivity index (χ2n) is 4.31. The van der Waals surface area contributed by atoms with Crippen LogP contribution in [0.25, 0.3) is 0 Å². The Balaban J connectivity index is 2.40. The SMILES string of the molecule is COc1ccccc1N(C)C(=O)c1cc(O)ccc1N. The van der Waals surface area contributed by atoms with Gasteiger partial charge in [-0.2, -0.15) is 0 Å². The number of benzene rings is 2. The number of hydrogen-bond acceptors (Lipinski definition) is 4. The van der Waals surface area contributed by atoms with E-state index < -0.39 is 0 Å². The van der Waals surface area contributed by atoms with E-state index in [0.717, 1.165) is 0 Å². The van der Waals surface area contributed by atoms with E-state index in [2.05, 4.69) is 0 Å². The predicted octanol–water partition coefficient (Wildman–Crippen LogP) is 2.26.